The zero-order valence-corrected chi connectivity index (χ0v) is 19.6. The lowest BCUT2D eigenvalue weighted by Crippen LogP contribution is -2.30. The molecule has 1 fully saturated rings. The van der Waals surface area contributed by atoms with Crippen LogP contribution in [0.15, 0.2) is 67.3 Å². The minimum Gasteiger partial charge on any atom is -0.488 e. The average molecular weight is 470 g/mol. The predicted octanol–water partition coefficient (Wildman–Crippen LogP) is 5.25. The lowest BCUT2D eigenvalue weighted by Gasteiger charge is -2.27. The summed E-state index contributed by atoms with van der Waals surface area (Å²) in [6.07, 6.45) is 10.5. The third-order valence-corrected chi connectivity index (χ3v) is 5.58. The summed E-state index contributed by atoms with van der Waals surface area (Å²) in [5.74, 6) is 3.62. The Morgan fingerprint density at radius 2 is 1.86 bits per heavy atom. The molecule has 1 aliphatic rings. The number of ether oxygens (including phenoxy) is 2. The van der Waals surface area contributed by atoms with E-state index < -0.39 is 0 Å². The van der Waals surface area contributed by atoms with Crippen molar-refractivity contribution >= 4 is 17.6 Å². The van der Waals surface area contributed by atoms with Crippen LogP contribution >= 0.6 is 0 Å². The van der Waals surface area contributed by atoms with Gasteiger partial charge >= 0.3 is 0 Å². The zero-order chi connectivity index (χ0) is 23.9. The van der Waals surface area contributed by atoms with E-state index in [9.17, 15) is 0 Å². The number of hydrogen-bond donors (Lipinski definition) is 1. The average Bonchev–Trinajstić information content (AvgIpc) is 2.91. The van der Waals surface area contributed by atoms with E-state index >= 15 is 0 Å². The molecule has 4 heterocycles. The fourth-order valence-electron chi connectivity index (χ4n) is 3.94. The molecule has 9 heteroatoms. The monoisotopic (exact) mass is 469 g/mol. The first-order chi connectivity index (χ1) is 17.3. The third kappa shape index (κ3) is 5.63. The van der Waals surface area contributed by atoms with Crippen LogP contribution in [0, 0.1) is 0 Å². The maximum atomic E-state index is 6.00. The number of piperidine rings is 1. The molecule has 0 saturated carbocycles. The van der Waals surface area contributed by atoms with Crippen LogP contribution in [0.1, 0.15) is 26.2 Å². The van der Waals surface area contributed by atoms with Gasteiger partial charge in [0, 0.05) is 31.0 Å². The molecule has 5 rings (SSSR count). The molecule has 0 unspecified atom stereocenters. The molecular formula is C26H27N7O2. The van der Waals surface area contributed by atoms with E-state index in [-0.39, 0.29) is 0 Å². The molecule has 178 valence electrons. The van der Waals surface area contributed by atoms with Gasteiger partial charge in [-0.1, -0.05) is 12.1 Å². The number of pyridine rings is 1. The number of anilines is 3. The molecule has 0 amide bonds. The fraction of sp³-hybridized carbons (Fsp3) is 0.269. The topological polar surface area (TPSA) is 98.2 Å². The second-order valence-corrected chi connectivity index (χ2v) is 8.07. The van der Waals surface area contributed by atoms with Crippen molar-refractivity contribution in [1.82, 2.24) is 24.9 Å². The first-order valence-corrected chi connectivity index (χ1v) is 11.8. The first-order valence-electron chi connectivity index (χ1n) is 11.8. The van der Waals surface area contributed by atoms with Gasteiger partial charge in [0.05, 0.1) is 24.7 Å². The van der Waals surface area contributed by atoms with Crippen LogP contribution in [0.4, 0.5) is 17.6 Å². The van der Waals surface area contributed by atoms with E-state index in [1.54, 1.807) is 24.8 Å². The Bertz CT molecular complexity index is 1280. The molecule has 0 radical (unpaired) electrons. The van der Waals surface area contributed by atoms with E-state index in [2.05, 4.69) is 30.2 Å². The standard InChI is InChI=1S/C26H27N7O2/c1-2-34-22-10-7-12-28-25(22)35-20-9-6-8-19(16-20)21-17-27-18-23(30-21)31-26-29-13-11-24(32-26)33-14-4-3-5-15-33/h6-13,16-18H,2-5,14-15H2,1H3,(H,29,30,31,32). The zero-order valence-electron chi connectivity index (χ0n) is 19.6. The van der Waals surface area contributed by atoms with Gasteiger partial charge in [0.1, 0.15) is 11.6 Å². The fourth-order valence-corrected chi connectivity index (χ4v) is 3.94. The van der Waals surface area contributed by atoms with Crippen LogP contribution in [-0.2, 0) is 0 Å². The molecule has 3 aromatic heterocycles. The highest BCUT2D eigenvalue weighted by atomic mass is 16.5. The van der Waals surface area contributed by atoms with Crippen molar-refractivity contribution in [2.75, 3.05) is 29.9 Å². The Morgan fingerprint density at radius 3 is 2.74 bits per heavy atom. The first kappa shape index (κ1) is 22.5. The van der Waals surface area contributed by atoms with Gasteiger partial charge < -0.3 is 19.7 Å². The maximum Gasteiger partial charge on any atom is 0.262 e. The third-order valence-electron chi connectivity index (χ3n) is 5.58. The van der Waals surface area contributed by atoms with Gasteiger partial charge in [0.2, 0.25) is 5.95 Å². The van der Waals surface area contributed by atoms with Gasteiger partial charge in [-0.3, -0.25) is 4.98 Å². The Hall–Kier alpha value is -4.27. The molecule has 0 bridgehead atoms. The van der Waals surface area contributed by atoms with Crippen molar-refractivity contribution in [2.45, 2.75) is 26.2 Å². The van der Waals surface area contributed by atoms with Gasteiger partial charge in [0.15, 0.2) is 11.6 Å². The molecule has 1 saturated heterocycles. The van der Waals surface area contributed by atoms with Crippen molar-refractivity contribution in [2.24, 2.45) is 0 Å². The summed E-state index contributed by atoms with van der Waals surface area (Å²) < 4.78 is 11.6. The quantitative estimate of drug-likeness (QED) is 0.371. The van der Waals surface area contributed by atoms with Crippen LogP contribution in [0.2, 0.25) is 0 Å². The molecule has 1 aromatic carbocycles. The van der Waals surface area contributed by atoms with Gasteiger partial charge in [-0.25, -0.2) is 15.0 Å². The maximum absolute atomic E-state index is 6.00. The van der Waals surface area contributed by atoms with Crippen molar-refractivity contribution in [1.29, 1.82) is 0 Å². The Labute approximate surface area is 204 Å². The summed E-state index contributed by atoms with van der Waals surface area (Å²) in [6, 6.07) is 13.2. The lowest BCUT2D eigenvalue weighted by molar-refractivity contribution is 0.316. The van der Waals surface area contributed by atoms with Gasteiger partial charge in [0.25, 0.3) is 5.88 Å². The number of nitrogens with one attached hydrogen (secondary N) is 1. The SMILES string of the molecule is CCOc1cccnc1Oc1cccc(-c2cncc(Nc3nccc(N4CCCCC4)n3)n2)c1. The van der Waals surface area contributed by atoms with Crippen LogP contribution in [-0.4, -0.2) is 44.6 Å². The molecule has 35 heavy (non-hydrogen) atoms. The minimum atomic E-state index is 0.415. The van der Waals surface area contributed by atoms with Gasteiger partial charge in [-0.15, -0.1) is 0 Å². The normalized spacial score (nSPS) is 13.3. The summed E-state index contributed by atoms with van der Waals surface area (Å²) in [6.45, 7) is 4.50. The second kappa shape index (κ2) is 10.8. The highest BCUT2D eigenvalue weighted by molar-refractivity contribution is 5.63. The summed E-state index contributed by atoms with van der Waals surface area (Å²) in [7, 11) is 0. The molecule has 0 aliphatic carbocycles. The van der Waals surface area contributed by atoms with Crippen molar-refractivity contribution in [3.63, 3.8) is 0 Å². The Balaban J connectivity index is 1.33. The predicted molar refractivity (Wildman–Crippen MR) is 134 cm³/mol. The second-order valence-electron chi connectivity index (χ2n) is 8.07. The molecule has 1 N–H and O–H groups in total. The molecular weight excluding hydrogens is 442 g/mol. The van der Waals surface area contributed by atoms with E-state index in [4.69, 9.17) is 14.5 Å². The van der Waals surface area contributed by atoms with Gasteiger partial charge in [-0.2, -0.15) is 4.98 Å². The van der Waals surface area contributed by atoms with Gasteiger partial charge in [-0.05, 0) is 56.5 Å². The summed E-state index contributed by atoms with van der Waals surface area (Å²) in [5, 5.41) is 3.19. The highest BCUT2D eigenvalue weighted by Gasteiger charge is 2.13. The summed E-state index contributed by atoms with van der Waals surface area (Å²) in [4.78, 5) is 24.7. The van der Waals surface area contributed by atoms with Crippen molar-refractivity contribution in [3.8, 4) is 28.6 Å². The smallest absolute Gasteiger partial charge is 0.262 e. The lowest BCUT2D eigenvalue weighted by atomic mass is 10.1. The van der Waals surface area contributed by atoms with Crippen molar-refractivity contribution < 1.29 is 9.47 Å². The Kier molecular flexibility index (Phi) is 6.93. The largest absolute Gasteiger partial charge is 0.488 e. The Morgan fingerprint density at radius 1 is 0.943 bits per heavy atom. The number of benzene rings is 1. The molecule has 0 spiro atoms. The van der Waals surface area contributed by atoms with Crippen molar-refractivity contribution in [3.05, 3.63) is 67.3 Å². The summed E-state index contributed by atoms with van der Waals surface area (Å²) in [5.41, 5.74) is 1.55. The number of aromatic nitrogens is 5. The minimum absolute atomic E-state index is 0.415. The van der Waals surface area contributed by atoms with Crippen LogP contribution in [0.5, 0.6) is 17.4 Å². The van der Waals surface area contributed by atoms with E-state index in [0.29, 0.717) is 41.4 Å². The number of rotatable bonds is 8. The van der Waals surface area contributed by atoms with E-state index in [1.165, 1.54) is 19.3 Å². The number of nitrogens with zero attached hydrogens (tertiary/aromatic N) is 6. The summed E-state index contributed by atoms with van der Waals surface area (Å²) >= 11 is 0. The van der Waals surface area contributed by atoms with E-state index in [0.717, 1.165) is 24.5 Å². The van der Waals surface area contributed by atoms with Crippen LogP contribution < -0.4 is 19.7 Å². The van der Waals surface area contributed by atoms with Crippen LogP contribution in [0.3, 0.4) is 0 Å². The molecule has 4 aromatic rings. The molecule has 9 nitrogen and oxygen atoms in total. The highest BCUT2D eigenvalue weighted by Crippen LogP contribution is 2.31. The van der Waals surface area contributed by atoms with E-state index in [1.807, 2.05) is 49.4 Å². The number of hydrogen-bond acceptors (Lipinski definition) is 9. The molecule has 0 atom stereocenters. The molecule has 1 aliphatic heterocycles. The van der Waals surface area contributed by atoms with Crippen LogP contribution in [0.25, 0.3) is 11.3 Å².